The number of nitrogens with zero attached hydrogens (tertiary/aromatic N) is 1. The molecule has 2 aromatic rings. The van der Waals surface area contributed by atoms with E-state index in [-0.39, 0.29) is 0 Å². The number of nitrogen functional groups attached to an aromatic ring is 1. The Morgan fingerprint density at radius 2 is 2.00 bits per heavy atom. The summed E-state index contributed by atoms with van der Waals surface area (Å²) < 4.78 is 5.28. The van der Waals surface area contributed by atoms with Gasteiger partial charge in [0.25, 0.3) is 0 Å². The van der Waals surface area contributed by atoms with Gasteiger partial charge < -0.3 is 15.5 Å². The Morgan fingerprint density at radius 1 is 1.28 bits per heavy atom. The van der Waals surface area contributed by atoms with Crippen LogP contribution in [0.15, 0.2) is 18.2 Å². The number of H-pyrrole nitrogens is 1. The van der Waals surface area contributed by atoms with Crippen LogP contribution in [-0.4, -0.2) is 12.1 Å². The van der Waals surface area contributed by atoms with E-state index in [0.717, 1.165) is 28.1 Å². The van der Waals surface area contributed by atoms with Crippen molar-refractivity contribution in [1.82, 2.24) is 4.98 Å². The van der Waals surface area contributed by atoms with Gasteiger partial charge in [-0.3, -0.25) is 0 Å². The summed E-state index contributed by atoms with van der Waals surface area (Å²) in [6, 6.07) is 7.71. The zero-order chi connectivity index (χ0) is 13.3. The van der Waals surface area contributed by atoms with Crippen LogP contribution in [0, 0.1) is 25.2 Å². The van der Waals surface area contributed by atoms with Gasteiger partial charge in [-0.1, -0.05) is 0 Å². The minimum atomic E-state index is 0.403. The predicted molar refractivity (Wildman–Crippen MR) is 71.4 cm³/mol. The largest absolute Gasteiger partial charge is 0.496 e. The number of hydrogen-bond acceptors (Lipinski definition) is 3. The lowest BCUT2D eigenvalue weighted by molar-refractivity contribution is 0.411. The lowest BCUT2D eigenvalue weighted by Gasteiger charge is -2.11. The van der Waals surface area contributed by atoms with Crippen molar-refractivity contribution in [2.24, 2.45) is 0 Å². The van der Waals surface area contributed by atoms with Crippen molar-refractivity contribution in [2.45, 2.75) is 13.8 Å². The van der Waals surface area contributed by atoms with Gasteiger partial charge in [0.2, 0.25) is 0 Å². The molecule has 0 bridgehead atoms. The second kappa shape index (κ2) is 4.46. The van der Waals surface area contributed by atoms with Crippen molar-refractivity contribution in [3.05, 3.63) is 34.9 Å². The van der Waals surface area contributed by atoms with Crippen LogP contribution in [-0.2, 0) is 0 Å². The molecule has 0 radical (unpaired) electrons. The highest BCUT2D eigenvalue weighted by Gasteiger charge is 2.12. The Hall–Kier alpha value is -2.41. The molecule has 1 heterocycles. The Bertz CT molecular complexity index is 635. The summed E-state index contributed by atoms with van der Waals surface area (Å²) >= 11 is 0. The number of methoxy groups -OCH3 is 1. The van der Waals surface area contributed by atoms with E-state index in [1.165, 1.54) is 0 Å². The molecule has 0 aliphatic carbocycles. The van der Waals surface area contributed by atoms with E-state index in [1.807, 2.05) is 26.0 Å². The number of ether oxygens (including phenoxy) is 1. The molecule has 1 aromatic carbocycles. The van der Waals surface area contributed by atoms with Crippen LogP contribution in [0.2, 0.25) is 0 Å². The molecule has 0 atom stereocenters. The number of nitrogens with two attached hydrogens (primary N) is 1. The molecule has 3 N–H and O–H groups in total. The molecular weight excluding hydrogens is 226 g/mol. The smallest absolute Gasteiger partial charge is 0.122 e. The summed E-state index contributed by atoms with van der Waals surface area (Å²) in [7, 11) is 1.65. The van der Waals surface area contributed by atoms with Crippen molar-refractivity contribution in [3.8, 4) is 23.1 Å². The van der Waals surface area contributed by atoms with E-state index >= 15 is 0 Å². The van der Waals surface area contributed by atoms with Gasteiger partial charge in [0, 0.05) is 11.3 Å². The van der Waals surface area contributed by atoms with Gasteiger partial charge in [0.15, 0.2) is 0 Å². The standard InChI is InChI=1S/C14H15N3O/c1-8-9(2)13(18-3)5-4-11(8)12-6-10(7-15)14(16)17-12/h4-6,17H,16H2,1-3H3. The van der Waals surface area contributed by atoms with Crippen LogP contribution in [0.4, 0.5) is 5.82 Å². The zero-order valence-electron chi connectivity index (χ0n) is 10.7. The summed E-state index contributed by atoms with van der Waals surface area (Å²) in [6.45, 7) is 4.03. The molecule has 1 aromatic heterocycles. The Balaban J connectivity index is 2.58. The fourth-order valence-electron chi connectivity index (χ4n) is 2.02. The molecular formula is C14H15N3O. The van der Waals surface area contributed by atoms with Gasteiger partial charge in [-0.05, 0) is 43.2 Å². The first-order chi connectivity index (χ1) is 8.58. The van der Waals surface area contributed by atoms with E-state index in [2.05, 4.69) is 11.1 Å². The van der Waals surface area contributed by atoms with E-state index in [4.69, 9.17) is 15.7 Å². The van der Waals surface area contributed by atoms with Gasteiger partial charge in [0.05, 0.1) is 12.7 Å². The van der Waals surface area contributed by atoms with Gasteiger partial charge in [-0.15, -0.1) is 0 Å². The van der Waals surface area contributed by atoms with Crippen LogP contribution in [0.25, 0.3) is 11.3 Å². The molecule has 0 spiro atoms. The average Bonchev–Trinajstić information content (AvgIpc) is 2.73. The summed E-state index contributed by atoms with van der Waals surface area (Å²) in [6.07, 6.45) is 0. The number of nitrogens with one attached hydrogen (secondary N) is 1. The topological polar surface area (TPSA) is 74.8 Å². The van der Waals surface area contributed by atoms with E-state index in [1.54, 1.807) is 13.2 Å². The molecule has 0 saturated heterocycles. The average molecular weight is 241 g/mol. The van der Waals surface area contributed by atoms with Crippen molar-refractivity contribution >= 4 is 5.82 Å². The number of anilines is 1. The first kappa shape index (κ1) is 12.1. The van der Waals surface area contributed by atoms with E-state index in [0.29, 0.717) is 11.4 Å². The third-order valence-electron chi connectivity index (χ3n) is 3.22. The van der Waals surface area contributed by atoms with E-state index in [9.17, 15) is 0 Å². The minimum Gasteiger partial charge on any atom is -0.496 e. The van der Waals surface area contributed by atoms with Gasteiger partial charge in [-0.25, -0.2) is 0 Å². The third kappa shape index (κ3) is 1.80. The van der Waals surface area contributed by atoms with Gasteiger partial charge in [0.1, 0.15) is 17.6 Å². The van der Waals surface area contributed by atoms with Crippen molar-refractivity contribution < 1.29 is 4.74 Å². The monoisotopic (exact) mass is 241 g/mol. The summed E-state index contributed by atoms with van der Waals surface area (Å²) in [5.74, 6) is 1.26. The quantitative estimate of drug-likeness (QED) is 0.848. The van der Waals surface area contributed by atoms with Crippen molar-refractivity contribution in [2.75, 3.05) is 12.8 Å². The number of hydrogen-bond donors (Lipinski definition) is 2. The molecule has 92 valence electrons. The highest BCUT2D eigenvalue weighted by Crippen LogP contribution is 2.31. The summed E-state index contributed by atoms with van der Waals surface area (Å²) in [4.78, 5) is 3.03. The van der Waals surface area contributed by atoms with Crippen LogP contribution < -0.4 is 10.5 Å². The first-order valence-corrected chi connectivity index (χ1v) is 5.61. The van der Waals surface area contributed by atoms with Crippen molar-refractivity contribution in [3.63, 3.8) is 0 Å². The number of rotatable bonds is 2. The number of aromatic amines is 1. The second-order valence-corrected chi connectivity index (χ2v) is 4.19. The molecule has 4 heteroatoms. The maximum Gasteiger partial charge on any atom is 0.122 e. The number of nitriles is 1. The number of benzene rings is 1. The molecule has 0 saturated carbocycles. The van der Waals surface area contributed by atoms with Gasteiger partial charge >= 0.3 is 0 Å². The minimum absolute atomic E-state index is 0.403. The Kier molecular flexibility index (Phi) is 2.99. The fraction of sp³-hybridized carbons (Fsp3) is 0.214. The molecule has 4 nitrogen and oxygen atoms in total. The highest BCUT2D eigenvalue weighted by atomic mass is 16.5. The first-order valence-electron chi connectivity index (χ1n) is 5.61. The third-order valence-corrected chi connectivity index (χ3v) is 3.22. The Morgan fingerprint density at radius 3 is 2.56 bits per heavy atom. The molecule has 0 fully saturated rings. The predicted octanol–water partition coefficient (Wildman–Crippen LogP) is 2.76. The molecule has 18 heavy (non-hydrogen) atoms. The number of aromatic nitrogens is 1. The summed E-state index contributed by atoms with van der Waals surface area (Å²) in [5, 5.41) is 8.91. The molecule has 0 aliphatic heterocycles. The zero-order valence-corrected chi connectivity index (χ0v) is 10.7. The van der Waals surface area contributed by atoms with Crippen LogP contribution in [0.1, 0.15) is 16.7 Å². The lowest BCUT2D eigenvalue weighted by atomic mass is 10.00. The maximum absolute atomic E-state index is 8.91. The molecule has 2 rings (SSSR count). The summed E-state index contributed by atoms with van der Waals surface area (Å²) in [5.41, 5.74) is 10.3. The van der Waals surface area contributed by atoms with Crippen molar-refractivity contribution in [1.29, 1.82) is 5.26 Å². The molecule has 0 aliphatic rings. The van der Waals surface area contributed by atoms with Crippen LogP contribution in [0.5, 0.6) is 5.75 Å². The van der Waals surface area contributed by atoms with Gasteiger partial charge in [-0.2, -0.15) is 5.26 Å². The normalized spacial score (nSPS) is 10.1. The maximum atomic E-state index is 8.91. The second-order valence-electron chi connectivity index (χ2n) is 4.19. The Labute approximate surface area is 106 Å². The molecule has 0 amide bonds. The SMILES string of the molecule is COc1ccc(-c2cc(C#N)c(N)[nH]2)c(C)c1C. The van der Waals surface area contributed by atoms with Crippen LogP contribution in [0.3, 0.4) is 0 Å². The fourth-order valence-corrected chi connectivity index (χ4v) is 2.02. The highest BCUT2D eigenvalue weighted by molar-refractivity contribution is 5.72. The van der Waals surface area contributed by atoms with Crippen LogP contribution >= 0.6 is 0 Å². The lowest BCUT2D eigenvalue weighted by Crippen LogP contribution is -1.93. The molecule has 0 unspecified atom stereocenters. The van der Waals surface area contributed by atoms with E-state index < -0.39 is 0 Å².